The molecule has 0 spiro atoms. The van der Waals surface area contributed by atoms with Gasteiger partial charge in [0.15, 0.2) is 0 Å². The van der Waals surface area contributed by atoms with E-state index in [0.717, 1.165) is 12.0 Å². The summed E-state index contributed by atoms with van der Waals surface area (Å²) in [5.41, 5.74) is 1.62. The molecule has 0 aliphatic heterocycles. The fourth-order valence-corrected chi connectivity index (χ4v) is 3.75. The molecule has 0 aliphatic rings. The lowest BCUT2D eigenvalue weighted by Gasteiger charge is -2.24. The molecule has 0 radical (unpaired) electrons. The highest BCUT2D eigenvalue weighted by atomic mass is 35.5. The molecule has 1 atom stereocenters. The first-order valence-corrected chi connectivity index (χ1v) is 12.6. The summed E-state index contributed by atoms with van der Waals surface area (Å²) in [4.78, 5) is 36.6. The molecule has 2 aromatic rings. The van der Waals surface area contributed by atoms with E-state index < -0.39 is 17.6 Å². The van der Waals surface area contributed by atoms with Gasteiger partial charge in [-0.05, 0) is 86.7 Å². The second-order valence-electron chi connectivity index (χ2n) is 9.86. The lowest BCUT2D eigenvalue weighted by atomic mass is 10.0. The minimum absolute atomic E-state index is 0.0297. The van der Waals surface area contributed by atoms with Gasteiger partial charge in [-0.3, -0.25) is 4.79 Å². The van der Waals surface area contributed by atoms with Crippen LogP contribution in [0.3, 0.4) is 0 Å². The van der Waals surface area contributed by atoms with Gasteiger partial charge in [0.05, 0.1) is 6.42 Å². The fourth-order valence-electron chi connectivity index (χ4n) is 3.38. The Hall–Kier alpha value is -2.45. The molecule has 0 bridgehead atoms. The molecule has 1 heterocycles. The smallest absolute Gasteiger partial charge is 0.329 e. The summed E-state index contributed by atoms with van der Waals surface area (Å²) in [5.74, 6) is 0.230. The predicted molar refractivity (Wildman–Crippen MR) is 139 cm³/mol. The van der Waals surface area contributed by atoms with Crippen molar-refractivity contribution in [1.29, 1.82) is 0 Å². The quantitative estimate of drug-likeness (QED) is 0.296. The normalized spacial score (nSPS) is 12.3. The molecule has 1 unspecified atom stereocenters. The van der Waals surface area contributed by atoms with Crippen LogP contribution in [0.5, 0.6) is 0 Å². The zero-order chi connectivity index (χ0) is 26.0. The predicted octanol–water partition coefficient (Wildman–Crippen LogP) is 5.03. The first-order chi connectivity index (χ1) is 16.4. The van der Waals surface area contributed by atoms with Crippen LogP contribution in [-0.2, 0) is 27.2 Å². The van der Waals surface area contributed by atoms with E-state index in [9.17, 15) is 9.59 Å². The highest BCUT2D eigenvalue weighted by molar-refractivity contribution is 6.31. The van der Waals surface area contributed by atoms with Crippen LogP contribution in [-0.4, -0.2) is 45.0 Å². The fraction of sp³-hybridized carbons (Fsp3) is 0.560. The van der Waals surface area contributed by atoms with Crippen LogP contribution in [0.1, 0.15) is 65.0 Å². The molecule has 0 aliphatic carbocycles. The maximum absolute atomic E-state index is 12.7. The van der Waals surface area contributed by atoms with E-state index in [1.54, 1.807) is 20.8 Å². The Balaban J connectivity index is 1.82. The molecule has 1 aromatic carbocycles. The van der Waals surface area contributed by atoms with Crippen LogP contribution >= 0.6 is 23.2 Å². The molecule has 1 amide bonds. The third kappa shape index (κ3) is 11.7. The van der Waals surface area contributed by atoms with E-state index in [2.05, 4.69) is 51.6 Å². The first-order valence-electron chi connectivity index (χ1n) is 11.8. The van der Waals surface area contributed by atoms with Crippen molar-refractivity contribution in [1.82, 2.24) is 20.3 Å². The molecule has 0 saturated carbocycles. The number of halogens is 2. The number of amides is 1. The Bertz CT molecular complexity index is 958. The topological polar surface area (TPSA) is 106 Å². The lowest BCUT2D eigenvalue weighted by molar-refractivity contribution is -0.156. The van der Waals surface area contributed by atoms with Gasteiger partial charge in [-0.25, -0.2) is 4.79 Å². The van der Waals surface area contributed by atoms with Crippen molar-refractivity contribution in [2.24, 2.45) is 5.92 Å². The Morgan fingerprint density at radius 1 is 0.971 bits per heavy atom. The molecule has 2 rings (SSSR count). The van der Waals surface area contributed by atoms with Gasteiger partial charge >= 0.3 is 5.97 Å². The van der Waals surface area contributed by atoms with Gasteiger partial charge in [-0.2, -0.15) is 15.0 Å². The number of ether oxygens (including phenoxy) is 1. The first kappa shape index (κ1) is 28.8. The van der Waals surface area contributed by atoms with E-state index in [1.807, 2.05) is 12.1 Å². The monoisotopic (exact) mass is 523 g/mol. The van der Waals surface area contributed by atoms with Crippen molar-refractivity contribution in [3.63, 3.8) is 0 Å². The number of benzene rings is 1. The standard InChI is InChI=1S/C25H35Cl2N5O3/c1-16(2)14-17-9-11-18(12-10-17)15-20(33)28-13-7-6-8-19(21(34)35-25(3,4)5)29-24-31-22(26)30-23(27)32-24/h9-12,16,19H,6-8,13-15H2,1-5H3,(H,28,33)(H,29,30,31,32). The summed E-state index contributed by atoms with van der Waals surface area (Å²) in [6.07, 6.45) is 3.17. The minimum Gasteiger partial charge on any atom is -0.458 e. The lowest BCUT2D eigenvalue weighted by Crippen LogP contribution is -2.37. The molecular formula is C25H35Cl2N5O3. The zero-order valence-electron chi connectivity index (χ0n) is 21.0. The average molecular weight is 524 g/mol. The summed E-state index contributed by atoms with van der Waals surface area (Å²) in [7, 11) is 0. The Kier molecular flexibility index (Phi) is 11.2. The van der Waals surface area contributed by atoms with Crippen LogP contribution in [0.15, 0.2) is 24.3 Å². The number of carbonyl (C=O) groups is 2. The van der Waals surface area contributed by atoms with Crippen LogP contribution in [0.4, 0.5) is 5.95 Å². The number of hydrogen-bond acceptors (Lipinski definition) is 7. The van der Waals surface area contributed by atoms with Crippen molar-refractivity contribution in [3.8, 4) is 0 Å². The maximum Gasteiger partial charge on any atom is 0.329 e. The number of esters is 1. The Morgan fingerprint density at radius 2 is 1.57 bits per heavy atom. The van der Waals surface area contributed by atoms with Gasteiger partial charge in [0.25, 0.3) is 0 Å². The van der Waals surface area contributed by atoms with Gasteiger partial charge in [-0.1, -0.05) is 38.1 Å². The molecular weight excluding hydrogens is 489 g/mol. The summed E-state index contributed by atoms with van der Waals surface area (Å²) in [6.45, 7) is 10.3. The van der Waals surface area contributed by atoms with Crippen molar-refractivity contribution in [3.05, 3.63) is 46.0 Å². The maximum atomic E-state index is 12.7. The Morgan fingerprint density at radius 3 is 2.14 bits per heavy atom. The summed E-state index contributed by atoms with van der Waals surface area (Å²) in [6, 6.07) is 7.48. The van der Waals surface area contributed by atoms with E-state index in [-0.39, 0.29) is 22.4 Å². The molecule has 8 nitrogen and oxygen atoms in total. The van der Waals surface area contributed by atoms with Crippen molar-refractivity contribution >= 4 is 41.0 Å². The number of anilines is 1. The molecule has 192 valence electrons. The number of nitrogens with one attached hydrogen (secondary N) is 2. The van der Waals surface area contributed by atoms with Crippen LogP contribution in [0.25, 0.3) is 0 Å². The molecule has 0 fully saturated rings. The number of aromatic nitrogens is 3. The van der Waals surface area contributed by atoms with E-state index in [4.69, 9.17) is 27.9 Å². The van der Waals surface area contributed by atoms with Crippen molar-refractivity contribution < 1.29 is 14.3 Å². The van der Waals surface area contributed by atoms with E-state index >= 15 is 0 Å². The van der Waals surface area contributed by atoms with Crippen LogP contribution in [0.2, 0.25) is 10.6 Å². The third-order valence-electron chi connectivity index (χ3n) is 4.85. The van der Waals surface area contributed by atoms with Gasteiger partial charge < -0.3 is 15.4 Å². The van der Waals surface area contributed by atoms with Crippen molar-refractivity contribution in [2.75, 3.05) is 11.9 Å². The summed E-state index contributed by atoms with van der Waals surface area (Å²) < 4.78 is 5.52. The molecule has 1 aromatic heterocycles. The van der Waals surface area contributed by atoms with Crippen LogP contribution < -0.4 is 10.6 Å². The van der Waals surface area contributed by atoms with E-state index in [1.165, 1.54) is 5.56 Å². The minimum atomic E-state index is -0.705. The number of carbonyl (C=O) groups excluding carboxylic acids is 2. The number of hydrogen-bond donors (Lipinski definition) is 2. The molecule has 2 N–H and O–H groups in total. The summed E-state index contributed by atoms with van der Waals surface area (Å²) >= 11 is 11.7. The highest BCUT2D eigenvalue weighted by Gasteiger charge is 2.26. The van der Waals surface area contributed by atoms with Crippen molar-refractivity contribution in [2.45, 2.75) is 78.4 Å². The zero-order valence-corrected chi connectivity index (χ0v) is 22.5. The second-order valence-corrected chi connectivity index (χ2v) is 10.5. The second kappa shape index (κ2) is 13.6. The third-order valence-corrected chi connectivity index (χ3v) is 5.19. The highest BCUT2D eigenvalue weighted by Crippen LogP contribution is 2.16. The number of unbranched alkanes of at least 4 members (excludes halogenated alkanes) is 1. The molecule has 35 heavy (non-hydrogen) atoms. The Labute approximate surface area is 217 Å². The van der Waals surface area contributed by atoms with Crippen LogP contribution in [0, 0.1) is 5.92 Å². The summed E-state index contributed by atoms with van der Waals surface area (Å²) in [5, 5.41) is 5.73. The number of rotatable bonds is 12. The molecule has 10 heteroatoms. The SMILES string of the molecule is CC(C)Cc1ccc(CC(=O)NCCCCC(Nc2nc(Cl)nc(Cl)n2)C(=O)OC(C)(C)C)cc1. The molecule has 0 saturated heterocycles. The largest absolute Gasteiger partial charge is 0.458 e. The van der Waals surface area contributed by atoms with Gasteiger partial charge in [0.1, 0.15) is 11.6 Å². The van der Waals surface area contributed by atoms with Gasteiger partial charge in [0.2, 0.25) is 22.4 Å². The van der Waals surface area contributed by atoms with Gasteiger partial charge in [-0.15, -0.1) is 0 Å². The van der Waals surface area contributed by atoms with Gasteiger partial charge in [0, 0.05) is 6.54 Å². The number of nitrogens with zero attached hydrogens (tertiary/aromatic N) is 3. The van der Waals surface area contributed by atoms with E-state index in [0.29, 0.717) is 38.1 Å². The average Bonchev–Trinajstić information content (AvgIpc) is 2.71.